The van der Waals surface area contributed by atoms with Crippen molar-refractivity contribution in [2.45, 2.75) is 13.8 Å². The van der Waals surface area contributed by atoms with Crippen molar-refractivity contribution in [1.82, 2.24) is 5.06 Å². The lowest BCUT2D eigenvalue weighted by molar-refractivity contribution is -0.0598. The van der Waals surface area contributed by atoms with E-state index in [-0.39, 0.29) is 5.75 Å². The first kappa shape index (κ1) is 15.2. The highest BCUT2D eigenvalue weighted by molar-refractivity contribution is 5.88. The molecule has 2 amide bonds. The summed E-state index contributed by atoms with van der Waals surface area (Å²) in [5.41, 5.74) is 0.336. The molecule has 6 heteroatoms. The van der Waals surface area contributed by atoms with E-state index < -0.39 is 11.8 Å². The van der Waals surface area contributed by atoms with Crippen LogP contribution in [0.2, 0.25) is 0 Å². The van der Waals surface area contributed by atoms with Crippen LogP contribution >= 0.6 is 0 Å². The lowest BCUT2D eigenvalue weighted by Crippen LogP contribution is -2.30. The molecule has 0 bridgehead atoms. The normalized spacial score (nSPS) is 10.4. The Balaban J connectivity index is 2.68. The summed E-state index contributed by atoms with van der Waals surface area (Å²) in [6, 6.07) is 3.77. The number of amides is 2. The lowest BCUT2D eigenvalue weighted by Gasteiger charge is -2.15. The van der Waals surface area contributed by atoms with Gasteiger partial charge in [-0.3, -0.25) is 4.84 Å². The van der Waals surface area contributed by atoms with Crippen molar-refractivity contribution in [3.63, 3.8) is 0 Å². The Morgan fingerprint density at radius 2 is 2.16 bits per heavy atom. The fourth-order valence-electron chi connectivity index (χ4n) is 1.24. The lowest BCUT2D eigenvalue weighted by atomic mass is 10.2. The Labute approximate surface area is 112 Å². The van der Waals surface area contributed by atoms with E-state index >= 15 is 0 Å². The van der Waals surface area contributed by atoms with Gasteiger partial charge in [-0.25, -0.2) is 14.2 Å². The molecular formula is C13H19FN2O3. The van der Waals surface area contributed by atoms with E-state index in [1.54, 1.807) is 6.07 Å². The SMILES string of the molecule is CON(C)C(=O)Nc1ccc(OCC(C)C)c(F)c1. The first-order valence-electron chi connectivity index (χ1n) is 5.95. The van der Waals surface area contributed by atoms with Gasteiger partial charge in [0.05, 0.1) is 13.7 Å². The van der Waals surface area contributed by atoms with Gasteiger partial charge in [-0.2, -0.15) is 0 Å². The second-order valence-electron chi connectivity index (χ2n) is 4.46. The highest BCUT2D eigenvalue weighted by Crippen LogP contribution is 2.21. The van der Waals surface area contributed by atoms with Gasteiger partial charge in [-0.1, -0.05) is 13.8 Å². The van der Waals surface area contributed by atoms with Crippen LogP contribution in [0.15, 0.2) is 18.2 Å². The molecule has 0 aliphatic heterocycles. The number of ether oxygens (including phenoxy) is 1. The van der Waals surface area contributed by atoms with Crippen LogP contribution in [0.1, 0.15) is 13.8 Å². The van der Waals surface area contributed by atoms with Gasteiger partial charge < -0.3 is 10.1 Å². The number of hydrogen-bond donors (Lipinski definition) is 1. The van der Waals surface area contributed by atoms with Crippen molar-refractivity contribution < 1.29 is 18.8 Å². The number of rotatable bonds is 5. The van der Waals surface area contributed by atoms with Crippen LogP contribution in [0.5, 0.6) is 5.75 Å². The van der Waals surface area contributed by atoms with Crippen LogP contribution < -0.4 is 10.1 Å². The summed E-state index contributed by atoms with van der Waals surface area (Å²) >= 11 is 0. The molecule has 0 saturated carbocycles. The van der Waals surface area contributed by atoms with Crippen molar-refractivity contribution in [2.75, 3.05) is 26.1 Å². The Hall–Kier alpha value is -1.82. The molecular weight excluding hydrogens is 251 g/mol. The molecule has 0 aromatic heterocycles. The fourth-order valence-corrected chi connectivity index (χ4v) is 1.24. The molecule has 0 spiro atoms. The minimum atomic E-state index is -0.515. The molecule has 0 unspecified atom stereocenters. The molecule has 0 atom stereocenters. The van der Waals surface area contributed by atoms with Gasteiger partial charge in [0, 0.05) is 18.8 Å². The number of hydroxylamine groups is 2. The predicted molar refractivity (Wildman–Crippen MR) is 70.5 cm³/mol. The topological polar surface area (TPSA) is 50.8 Å². The number of anilines is 1. The average Bonchev–Trinajstić information content (AvgIpc) is 2.36. The van der Waals surface area contributed by atoms with Crippen molar-refractivity contribution in [1.29, 1.82) is 0 Å². The fraction of sp³-hybridized carbons (Fsp3) is 0.462. The number of hydrogen-bond acceptors (Lipinski definition) is 3. The molecule has 0 aliphatic rings. The number of nitrogens with zero attached hydrogens (tertiary/aromatic N) is 1. The standard InChI is InChI=1S/C13H19FN2O3/c1-9(2)8-19-12-6-5-10(7-11(12)14)15-13(17)16(3)18-4/h5-7,9H,8H2,1-4H3,(H,15,17). The van der Waals surface area contributed by atoms with E-state index in [1.165, 1.54) is 26.3 Å². The summed E-state index contributed by atoms with van der Waals surface area (Å²) in [4.78, 5) is 16.2. The van der Waals surface area contributed by atoms with Gasteiger partial charge in [0.1, 0.15) is 0 Å². The van der Waals surface area contributed by atoms with Gasteiger partial charge in [0.15, 0.2) is 11.6 Å². The van der Waals surface area contributed by atoms with Crippen molar-refractivity contribution in [3.8, 4) is 5.75 Å². The van der Waals surface area contributed by atoms with E-state index in [0.717, 1.165) is 5.06 Å². The van der Waals surface area contributed by atoms with Crippen LogP contribution in [0, 0.1) is 11.7 Å². The number of carbonyl (C=O) groups excluding carboxylic acids is 1. The summed E-state index contributed by atoms with van der Waals surface area (Å²) in [5.74, 6) is -0.0283. The highest BCUT2D eigenvalue weighted by atomic mass is 19.1. The maximum atomic E-state index is 13.7. The first-order chi connectivity index (χ1) is 8.93. The Kier molecular flexibility index (Phi) is 5.57. The summed E-state index contributed by atoms with van der Waals surface area (Å²) in [6.45, 7) is 4.40. The molecule has 1 aromatic rings. The zero-order valence-corrected chi connectivity index (χ0v) is 11.6. The molecule has 5 nitrogen and oxygen atoms in total. The largest absolute Gasteiger partial charge is 0.490 e. The molecule has 1 aromatic carbocycles. The summed E-state index contributed by atoms with van der Waals surface area (Å²) in [5, 5.41) is 3.49. The Bertz CT molecular complexity index is 438. The number of benzene rings is 1. The molecule has 0 aliphatic carbocycles. The van der Waals surface area contributed by atoms with Crippen molar-refractivity contribution in [2.24, 2.45) is 5.92 Å². The van der Waals surface area contributed by atoms with Crippen molar-refractivity contribution >= 4 is 11.7 Å². The quantitative estimate of drug-likeness (QED) is 0.837. The van der Waals surface area contributed by atoms with Gasteiger partial charge >= 0.3 is 6.03 Å². The first-order valence-corrected chi connectivity index (χ1v) is 5.95. The third kappa shape index (κ3) is 4.75. The minimum absolute atomic E-state index is 0.173. The summed E-state index contributed by atoms with van der Waals surface area (Å²) in [7, 11) is 2.81. The van der Waals surface area contributed by atoms with E-state index in [1.807, 2.05) is 13.8 Å². The van der Waals surface area contributed by atoms with E-state index in [9.17, 15) is 9.18 Å². The van der Waals surface area contributed by atoms with Crippen LogP contribution in [-0.4, -0.2) is 31.9 Å². The van der Waals surface area contributed by atoms with Gasteiger partial charge in [-0.05, 0) is 18.1 Å². The maximum Gasteiger partial charge on any atom is 0.345 e. The Morgan fingerprint density at radius 1 is 1.47 bits per heavy atom. The molecule has 1 N–H and O–H groups in total. The molecule has 0 fully saturated rings. The third-order valence-corrected chi connectivity index (χ3v) is 2.32. The molecule has 19 heavy (non-hydrogen) atoms. The van der Waals surface area contributed by atoms with E-state index in [2.05, 4.69) is 5.32 Å². The smallest absolute Gasteiger partial charge is 0.345 e. The highest BCUT2D eigenvalue weighted by Gasteiger charge is 2.10. The second kappa shape index (κ2) is 6.94. The average molecular weight is 270 g/mol. The zero-order chi connectivity index (χ0) is 14.4. The third-order valence-electron chi connectivity index (χ3n) is 2.32. The van der Waals surface area contributed by atoms with Crippen LogP contribution in [0.3, 0.4) is 0 Å². The van der Waals surface area contributed by atoms with Crippen LogP contribution in [0.4, 0.5) is 14.9 Å². The number of urea groups is 1. The number of carbonyl (C=O) groups is 1. The zero-order valence-electron chi connectivity index (χ0n) is 11.6. The second-order valence-corrected chi connectivity index (χ2v) is 4.46. The van der Waals surface area contributed by atoms with E-state index in [4.69, 9.17) is 9.57 Å². The molecule has 0 heterocycles. The molecule has 106 valence electrons. The Morgan fingerprint density at radius 3 is 2.68 bits per heavy atom. The number of nitrogens with one attached hydrogen (secondary N) is 1. The minimum Gasteiger partial charge on any atom is -0.490 e. The maximum absolute atomic E-state index is 13.7. The van der Waals surface area contributed by atoms with Gasteiger partial charge in [-0.15, -0.1) is 0 Å². The molecule has 0 radical (unpaired) electrons. The summed E-state index contributed by atoms with van der Waals surface area (Å²) < 4.78 is 19.0. The monoisotopic (exact) mass is 270 g/mol. The summed E-state index contributed by atoms with van der Waals surface area (Å²) in [6.07, 6.45) is 0. The van der Waals surface area contributed by atoms with Gasteiger partial charge in [0.25, 0.3) is 0 Å². The van der Waals surface area contributed by atoms with Crippen molar-refractivity contribution in [3.05, 3.63) is 24.0 Å². The van der Waals surface area contributed by atoms with Crippen LogP contribution in [0.25, 0.3) is 0 Å². The molecule has 0 saturated heterocycles. The molecule has 1 rings (SSSR count). The number of halogens is 1. The van der Waals surface area contributed by atoms with E-state index in [0.29, 0.717) is 18.2 Å². The van der Waals surface area contributed by atoms with Crippen LogP contribution in [-0.2, 0) is 4.84 Å². The predicted octanol–water partition coefficient (Wildman–Crippen LogP) is 2.89. The van der Waals surface area contributed by atoms with Gasteiger partial charge in [0.2, 0.25) is 0 Å².